The number of pyridine rings is 1. The van der Waals surface area contributed by atoms with Crippen molar-refractivity contribution in [3.05, 3.63) is 51.6 Å². The first-order chi connectivity index (χ1) is 9.38. The van der Waals surface area contributed by atoms with Crippen LogP contribution >= 0.6 is 23.2 Å². The van der Waals surface area contributed by atoms with Gasteiger partial charge in [-0.05, 0) is 18.2 Å². The van der Waals surface area contributed by atoms with Gasteiger partial charge in [0.25, 0.3) is 5.91 Å². The second-order valence-corrected chi connectivity index (χ2v) is 4.60. The minimum absolute atomic E-state index is 0.00314. The minimum Gasteiger partial charge on any atom is -0.383 e. The van der Waals surface area contributed by atoms with E-state index in [2.05, 4.69) is 10.3 Å². The van der Waals surface area contributed by atoms with Crippen LogP contribution in [0.3, 0.4) is 0 Å². The van der Waals surface area contributed by atoms with Crippen LogP contribution in [0.2, 0.25) is 10.0 Å². The summed E-state index contributed by atoms with van der Waals surface area (Å²) in [6, 6.07) is 2.88. The summed E-state index contributed by atoms with van der Waals surface area (Å²) in [6.45, 7) is 0. The van der Waals surface area contributed by atoms with Gasteiger partial charge in [-0.3, -0.25) is 4.79 Å². The van der Waals surface area contributed by atoms with Crippen LogP contribution in [0, 0.1) is 11.6 Å². The van der Waals surface area contributed by atoms with Gasteiger partial charge in [-0.1, -0.05) is 23.2 Å². The van der Waals surface area contributed by atoms with Gasteiger partial charge < -0.3 is 11.1 Å². The fourth-order valence-corrected chi connectivity index (χ4v) is 2.03. The number of nitrogen functional groups attached to an aromatic ring is 1. The van der Waals surface area contributed by atoms with E-state index in [-0.39, 0.29) is 27.1 Å². The Morgan fingerprint density at radius 2 is 1.75 bits per heavy atom. The fraction of sp³-hybridized carbons (Fsp3) is 0. The number of hydrogen-bond donors (Lipinski definition) is 2. The number of carbonyl (C=O) groups is 1. The predicted octanol–water partition coefficient (Wildman–Crippen LogP) is 3.50. The van der Waals surface area contributed by atoms with Crippen molar-refractivity contribution in [1.29, 1.82) is 0 Å². The molecule has 0 unspecified atom stereocenters. The molecule has 0 aliphatic heterocycles. The molecule has 2 aromatic rings. The molecular weight excluding hydrogens is 311 g/mol. The normalized spacial score (nSPS) is 10.4. The minimum atomic E-state index is -0.759. The lowest BCUT2D eigenvalue weighted by molar-refractivity contribution is 0.102. The lowest BCUT2D eigenvalue weighted by atomic mass is 10.2. The van der Waals surface area contributed by atoms with Crippen molar-refractivity contribution in [2.75, 3.05) is 11.1 Å². The van der Waals surface area contributed by atoms with Crippen molar-refractivity contribution < 1.29 is 13.6 Å². The maximum atomic E-state index is 13.1. The highest BCUT2D eigenvalue weighted by atomic mass is 35.5. The van der Waals surface area contributed by atoms with E-state index in [1.54, 1.807) is 0 Å². The van der Waals surface area contributed by atoms with Gasteiger partial charge >= 0.3 is 0 Å². The van der Waals surface area contributed by atoms with Crippen molar-refractivity contribution in [1.82, 2.24) is 4.98 Å². The molecule has 3 N–H and O–H groups in total. The highest BCUT2D eigenvalue weighted by Gasteiger charge is 2.16. The molecule has 1 aromatic heterocycles. The van der Waals surface area contributed by atoms with E-state index in [0.717, 1.165) is 24.4 Å². The Hall–Kier alpha value is -1.92. The Morgan fingerprint density at radius 1 is 1.15 bits per heavy atom. The molecule has 4 nitrogen and oxygen atoms in total. The van der Waals surface area contributed by atoms with Gasteiger partial charge in [0.1, 0.15) is 17.5 Å². The average Bonchev–Trinajstić information content (AvgIpc) is 2.36. The van der Waals surface area contributed by atoms with Crippen molar-refractivity contribution in [3.63, 3.8) is 0 Å². The number of halogens is 4. The number of rotatable bonds is 2. The quantitative estimate of drug-likeness (QED) is 0.890. The number of benzene rings is 1. The summed E-state index contributed by atoms with van der Waals surface area (Å²) in [5, 5.41) is 2.15. The number of amides is 1. The Kier molecular flexibility index (Phi) is 4.06. The number of nitrogens with two attached hydrogens (primary N) is 1. The number of carbonyl (C=O) groups excluding carboxylic acids is 1. The van der Waals surface area contributed by atoms with Crippen molar-refractivity contribution in [2.45, 2.75) is 0 Å². The predicted molar refractivity (Wildman–Crippen MR) is 73.0 cm³/mol. The van der Waals surface area contributed by atoms with E-state index in [1.807, 2.05) is 0 Å². The van der Waals surface area contributed by atoms with Crippen LogP contribution in [0.4, 0.5) is 20.3 Å². The molecular formula is C12H7Cl2F2N3O. The van der Waals surface area contributed by atoms with Gasteiger partial charge in [0.05, 0.1) is 27.5 Å². The molecule has 0 saturated heterocycles. The molecule has 0 aliphatic carbocycles. The first kappa shape index (κ1) is 14.5. The highest BCUT2D eigenvalue weighted by molar-refractivity contribution is 6.40. The summed E-state index contributed by atoms with van der Waals surface area (Å²) in [5.41, 5.74) is 5.30. The molecule has 0 radical (unpaired) electrons. The third kappa shape index (κ3) is 2.97. The number of aromatic nitrogens is 1. The first-order valence-corrected chi connectivity index (χ1v) is 6.01. The SMILES string of the molecule is Nc1ncc(F)cc1C(=O)Nc1c(Cl)cc(F)cc1Cl. The topological polar surface area (TPSA) is 68.0 Å². The summed E-state index contributed by atoms with van der Waals surface area (Å²) in [7, 11) is 0. The van der Waals surface area contributed by atoms with Crippen LogP contribution in [0.15, 0.2) is 24.4 Å². The maximum Gasteiger partial charge on any atom is 0.259 e. The third-order valence-corrected chi connectivity index (χ3v) is 2.97. The fourth-order valence-electron chi connectivity index (χ4n) is 1.47. The standard InChI is InChI=1S/C12H7Cl2F2N3O/c13-8-2-5(15)3-9(14)10(8)19-12(20)7-1-6(16)4-18-11(7)17/h1-4H,(H2,17,18)(H,19,20). The van der Waals surface area contributed by atoms with Crippen molar-refractivity contribution in [3.8, 4) is 0 Å². The zero-order valence-corrected chi connectivity index (χ0v) is 11.3. The van der Waals surface area contributed by atoms with Gasteiger partial charge in [0.2, 0.25) is 0 Å². The van der Waals surface area contributed by atoms with Crippen LogP contribution in [0.1, 0.15) is 10.4 Å². The number of hydrogen-bond acceptors (Lipinski definition) is 3. The maximum absolute atomic E-state index is 13.1. The van der Waals surface area contributed by atoms with Gasteiger partial charge in [-0.15, -0.1) is 0 Å². The van der Waals surface area contributed by atoms with Gasteiger partial charge in [-0.25, -0.2) is 13.8 Å². The van der Waals surface area contributed by atoms with Gasteiger partial charge in [0, 0.05) is 0 Å². The summed E-state index contributed by atoms with van der Waals surface area (Å²) < 4.78 is 26.1. The Bertz CT molecular complexity index is 671. The zero-order valence-electron chi connectivity index (χ0n) is 9.75. The van der Waals surface area contributed by atoms with E-state index in [9.17, 15) is 13.6 Å². The van der Waals surface area contributed by atoms with E-state index in [4.69, 9.17) is 28.9 Å². The Balaban J connectivity index is 2.35. The summed E-state index contributed by atoms with van der Waals surface area (Å²) >= 11 is 11.6. The lowest BCUT2D eigenvalue weighted by Gasteiger charge is -2.10. The largest absolute Gasteiger partial charge is 0.383 e. The molecule has 0 atom stereocenters. The first-order valence-electron chi connectivity index (χ1n) is 5.25. The lowest BCUT2D eigenvalue weighted by Crippen LogP contribution is -2.16. The van der Waals surface area contributed by atoms with Crippen LogP contribution in [-0.4, -0.2) is 10.9 Å². The van der Waals surface area contributed by atoms with Gasteiger partial charge in [0.15, 0.2) is 0 Å². The van der Waals surface area contributed by atoms with Crippen LogP contribution in [0.25, 0.3) is 0 Å². The third-order valence-electron chi connectivity index (χ3n) is 2.38. The molecule has 0 bridgehead atoms. The molecule has 1 amide bonds. The van der Waals surface area contributed by atoms with Crippen molar-refractivity contribution >= 4 is 40.6 Å². The second kappa shape index (κ2) is 5.60. The summed E-state index contributed by atoms with van der Waals surface area (Å²) in [4.78, 5) is 15.5. The second-order valence-electron chi connectivity index (χ2n) is 3.78. The van der Waals surface area contributed by atoms with Crippen molar-refractivity contribution in [2.24, 2.45) is 0 Å². The molecule has 0 aliphatic rings. The number of nitrogens with one attached hydrogen (secondary N) is 1. The molecule has 1 heterocycles. The Morgan fingerprint density at radius 3 is 2.35 bits per heavy atom. The van der Waals surface area contributed by atoms with Gasteiger partial charge in [-0.2, -0.15) is 0 Å². The number of anilines is 2. The van der Waals surface area contributed by atoms with E-state index in [0.29, 0.717) is 0 Å². The molecule has 0 fully saturated rings. The van der Waals surface area contributed by atoms with Crippen LogP contribution in [0.5, 0.6) is 0 Å². The van der Waals surface area contributed by atoms with E-state index < -0.39 is 17.5 Å². The smallest absolute Gasteiger partial charge is 0.259 e. The van der Waals surface area contributed by atoms with E-state index in [1.165, 1.54) is 0 Å². The van der Waals surface area contributed by atoms with Crippen LogP contribution < -0.4 is 11.1 Å². The summed E-state index contributed by atoms with van der Waals surface area (Å²) in [5.74, 6) is -2.28. The zero-order chi connectivity index (χ0) is 14.9. The average molecular weight is 318 g/mol. The molecule has 20 heavy (non-hydrogen) atoms. The van der Waals surface area contributed by atoms with E-state index >= 15 is 0 Å². The number of nitrogens with zero attached hydrogens (tertiary/aromatic N) is 1. The molecule has 0 saturated carbocycles. The van der Waals surface area contributed by atoms with Crippen LogP contribution in [-0.2, 0) is 0 Å². The molecule has 2 rings (SSSR count). The summed E-state index contributed by atoms with van der Waals surface area (Å²) in [6.07, 6.45) is 0.879. The highest BCUT2D eigenvalue weighted by Crippen LogP contribution is 2.31. The molecule has 8 heteroatoms. The molecule has 104 valence electrons. The monoisotopic (exact) mass is 317 g/mol. The Labute approximate surface area is 122 Å². The molecule has 0 spiro atoms. The molecule has 1 aromatic carbocycles.